The summed E-state index contributed by atoms with van der Waals surface area (Å²) in [7, 11) is 0. The van der Waals surface area contributed by atoms with Crippen LogP contribution in [0.2, 0.25) is 0 Å². The predicted molar refractivity (Wildman–Crippen MR) is 225 cm³/mol. The molecule has 5 heteroatoms. The molecule has 3 nitrogen and oxygen atoms in total. The Bertz CT molecular complexity index is 3050. The summed E-state index contributed by atoms with van der Waals surface area (Å²) in [6.45, 7) is 0. The normalized spacial score (nSPS) is 17.3. The van der Waals surface area contributed by atoms with Crippen molar-refractivity contribution < 1.29 is 0 Å². The van der Waals surface area contributed by atoms with Crippen molar-refractivity contribution in [3.63, 3.8) is 0 Å². The molecule has 0 radical (unpaired) electrons. The van der Waals surface area contributed by atoms with Gasteiger partial charge in [0.1, 0.15) is 0 Å². The zero-order valence-electron chi connectivity index (χ0n) is 28.7. The van der Waals surface area contributed by atoms with E-state index in [-0.39, 0.29) is 12.0 Å². The van der Waals surface area contributed by atoms with E-state index < -0.39 is 0 Å². The molecule has 12 rings (SSSR count). The summed E-state index contributed by atoms with van der Waals surface area (Å²) in [6, 6.07) is 48.9. The number of hydrogen-bond acceptors (Lipinski definition) is 5. The third-order valence-corrected chi connectivity index (χ3v) is 13.9. The Morgan fingerprint density at radius 2 is 1.42 bits per heavy atom. The molecule has 0 saturated heterocycles. The molecule has 3 aromatic heterocycles. The van der Waals surface area contributed by atoms with Gasteiger partial charge in [-0.15, -0.1) is 22.7 Å². The van der Waals surface area contributed by atoms with Crippen LogP contribution < -0.4 is 4.90 Å². The van der Waals surface area contributed by atoms with Crippen LogP contribution >= 0.6 is 22.7 Å². The van der Waals surface area contributed by atoms with Crippen molar-refractivity contribution in [3.05, 3.63) is 178 Å². The lowest BCUT2D eigenvalue weighted by atomic mass is 9.79. The van der Waals surface area contributed by atoms with E-state index in [0.29, 0.717) is 0 Å². The third kappa shape index (κ3) is 4.38. The molecule has 0 fully saturated rings. The first-order valence-corrected chi connectivity index (χ1v) is 20.0. The summed E-state index contributed by atoms with van der Waals surface area (Å²) in [4.78, 5) is 14.9. The van der Waals surface area contributed by atoms with Gasteiger partial charge in [-0.05, 0) is 81.8 Å². The Kier molecular flexibility index (Phi) is 6.33. The molecule has 0 bridgehead atoms. The maximum absolute atomic E-state index is 5.50. The number of aryl methyl sites for hydroxylation is 1. The quantitative estimate of drug-likeness (QED) is 0.183. The molecular weight excluding hydrogens is 683 g/mol. The lowest BCUT2D eigenvalue weighted by Gasteiger charge is -2.30. The van der Waals surface area contributed by atoms with Gasteiger partial charge in [-0.2, -0.15) is 0 Å². The summed E-state index contributed by atoms with van der Waals surface area (Å²) in [5.41, 5.74) is 12.4. The zero-order valence-corrected chi connectivity index (χ0v) is 30.3. The summed E-state index contributed by atoms with van der Waals surface area (Å²) >= 11 is 3.75. The molecule has 0 saturated carbocycles. The molecule has 53 heavy (non-hydrogen) atoms. The first-order chi connectivity index (χ1) is 26.3. The predicted octanol–water partition coefficient (Wildman–Crippen LogP) is 12.9. The van der Waals surface area contributed by atoms with Gasteiger partial charge in [0.15, 0.2) is 0 Å². The van der Waals surface area contributed by atoms with Gasteiger partial charge in [-0.3, -0.25) is 0 Å². The van der Waals surface area contributed by atoms with Crippen molar-refractivity contribution >= 4 is 87.1 Å². The molecule has 6 aromatic carbocycles. The molecule has 2 aliphatic carbocycles. The molecular formula is C48H31N3S2. The highest BCUT2D eigenvalue weighted by molar-refractivity contribution is 7.26. The van der Waals surface area contributed by atoms with Gasteiger partial charge in [0.25, 0.3) is 0 Å². The second kappa shape index (κ2) is 11.3. The standard InChI is InChI=1S/C48H31N3S2/c1-2-11-29-26-32(21-20-28(29)10-1)45-47-46(37-14-5-8-18-41(37)53-47)50-48(49-45)51-38-16-6-3-12-35(38)43-34-24-22-30(27-31(34)23-25-39(43)51)33-15-9-19-42-44(33)36-13-4-7-17-40(36)52-42/h1-8,10-18,20-27,39,43H,9,19H2. The number of allylic oxidation sites excluding steroid dienone is 1. The maximum Gasteiger partial charge on any atom is 0.231 e. The Balaban J connectivity index is 1.01. The highest BCUT2D eigenvalue weighted by Crippen LogP contribution is 2.52. The number of nitrogens with zero attached hydrogens (tertiary/aromatic N) is 3. The lowest BCUT2D eigenvalue weighted by Crippen LogP contribution is -2.32. The number of rotatable bonds is 3. The molecule has 0 N–H and O–H groups in total. The van der Waals surface area contributed by atoms with Gasteiger partial charge in [0, 0.05) is 47.8 Å². The van der Waals surface area contributed by atoms with Crippen LogP contribution in [0.4, 0.5) is 11.6 Å². The average molecular weight is 714 g/mol. The van der Waals surface area contributed by atoms with E-state index in [9.17, 15) is 0 Å². The van der Waals surface area contributed by atoms with E-state index in [4.69, 9.17) is 9.97 Å². The molecule has 2 atom stereocenters. The summed E-state index contributed by atoms with van der Waals surface area (Å²) < 4.78 is 3.74. The third-order valence-electron chi connectivity index (χ3n) is 11.5. The van der Waals surface area contributed by atoms with E-state index in [1.165, 1.54) is 74.9 Å². The largest absolute Gasteiger partial charge is 0.302 e. The molecule has 9 aromatic rings. The van der Waals surface area contributed by atoms with Gasteiger partial charge in [-0.1, -0.05) is 121 Å². The first kappa shape index (κ1) is 29.7. The van der Waals surface area contributed by atoms with Gasteiger partial charge in [0.2, 0.25) is 5.95 Å². The highest BCUT2D eigenvalue weighted by atomic mass is 32.1. The average Bonchev–Trinajstić information content (AvgIpc) is 3.90. The van der Waals surface area contributed by atoms with Gasteiger partial charge >= 0.3 is 0 Å². The van der Waals surface area contributed by atoms with E-state index >= 15 is 0 Å². The number of fused-ring (bicyclic) bond motifs is 12. The van der Waals surface area contributed by atoms with Crippen molar-refractivity contribution in [1.29, 1.82) is 0 Å². The second-order valence-corrected chi connectivity index (χ2v) is 16.6. The molecule has 2 unspecified atom stereocenters. The highest BCUT2D eigenvalue weighted by Gasteiger charge is 2.42. The van der Waals surface area contributed by atoms with Crippen LogP contribution in [0.1, 0.15) is 45.0 Å². The fourth-order valence-electron chi connectivity index (χ4n) is 9.12. The number of thiophene rings is 2. The van der Waals surface area contributed by atoms with E-state index in [1.807, 2.05) is 11.3 Å². The fourth-order valence-corrected chi connectivity index (χ4v) is 11.5. The summed E-state index contributed by atoms with van der Waals surface area (Å²) in [6.07, 6.45) is 9.40. The molecule has 0 spiro atoms. The molecule has 4 heterocycles. The zero-order chi connectivity index (χ0) is 34.6. The topological polar surface area (TPSA) is 29.0 Å². The molecule has 1 aliphatic heterocycles. The number of benzene rings is 6. The second-order valence-electron chi connectivity index (χ2n) is 14.4. The SMILES string of the molecule is C1=CC2C(c3ccc(C4=CCCc5sc6ccccc6c54)cc31)c1ccccc1N2c1nc(-c2ccc3ccccc3c2)c2sc3ccccc3c2n1. The Morgan fingerprint density at radius 3 is 2.34 bits per heavy atom. The molecule has 3 aliphatic rings. The summed E-state index contributed by atoms with van der Waals surface area (Å²) in [5, 5.41) is 5.00. The van der Waals surface area contributed by atoms with Crippen molar-refractivity contribution in [1.82, 2.24) is 9.97 Å². The van der Waals surface area contributed by atoms with Crippen molar-refractivity contribution in [2.24, 2.45) is 0 Å². The monoisotopic (exact) mass is 713 g/mol. The smallest absolute Gasteiger partial charge is 0.231 e. The van der Waals surface area contributed by atoms with Crippen LogP contribution in [0.25, 0.3) is 64.1 Å². The fraction of sp³-hybridized carbons (Fsp3) is 0.0833. The van der Waals surface area contributed by atoms with Crippen LogP contribution in [0.5, 0.6) is 0 Å². The first-order valence-electron chi connectivity index (χ1n) is 18.4. The van der Waals surface area contributed by atoms with Crippen LogP contribution in [0.15, 0.2) is 146 Å². The van der Waals surface area contributed by atoms with Gasteiger partial charge in [0.05, 0.1) is 22.0 Å². The number of anilines is 2. The molecule has 250 valence electrons. The number of aromatic nitrogens is 2. The minimum atomic E-state index is 0.0545. The van der Waals surface area contributed by atoms with Crippen molar-refractivity contribution in [2.75, 3.05) is 4.90 Å². The number of para-hydroxylation sites is 1. The van der Waals surface area contributed by atoms with Crippen LogP contribution in [0, 0.1) is 0 Å². The minimum Gasteiger partial charge on any atom is -0.302 e. The van der Waals surface area contributed by atoms with E-state index in [0.717, 1.165) is 40.3 Å². The van der Waals surface area contributed by atoms with Gasteiger partial charge < -0.3 is 4.90 Å². The number of hydrogen-bond donors (Lipinski definition) is 0. The minimum absolute atomic E-state index is 0.0545. The van der Waals surface area contributed by atoms with Gasteiger partial charge in [-0.25, -0.2) is 9.97 Å². The van der Waals surface area contributed by atoms with E-state index in [1.54, 1.807) is 11.3 Å². The van der Waals surface area contributed by atoms with Crippen LogP contribution in [-0.4, -0.2) is 16.0 Å². The lowest BCUT2D eigenvalue weighted by molar-refractivity contribution is 0.713. The maximum atomic E-state index is 5.50. The Labute approximate surface area is 314 Å². The van der Waals surface area contributed by atoms with Crippen molar-refractivity contribution in [2.45, 2.75) is 24.8 Å². The summed E-state index contributed by atoms with van der Waals surface area (Å²) in [5.74, 6) is 0.916. The Hall–Kier alpha value is -5.88. The van der Waals surface area contributed by atoms with Crippen LogP contribution in [-0.2, 0) is 6.42 Å². The van der Waals surface area contributed by atoms with E-state index in [2.05, 4.69) is 157 Å². The van der Waals surface area contributed by atoms with Crippen LogP contribution in [0.3, 0.4) is 0 Å². The molecule has 0 amide bonds. The Morgan fingerprint density at radius 1 is 0.642 bits per heavy atom. The van der Waals surface area contributed by atoms with Crippen molar-refractivity contribution in [3.8, 4) is 11.3 Å².